The van der Waals surface area contributed by atoms with Crippen LogP contribution >= 0.6 is 0 Å². The molecule has 0 aromatic carbocycles. The van der Waals surface area contributed by atoms with Crippen LogP contribution in [0.5, 0.6) is 0 Å². The van der Waals surface area contributed by atoms with Crippen molar-refractivity contribution in [2.45, 2.75) is 32.0 Å². The van der Waals surface area contributed by atoms with Crippen molar-refractivity contribution < 1.29 is 19.7 Å². The molecule has 4 heteroatoms. The Morgan fingerprint density at radius 2 is 2.15 bits per heavy atom. The van der Waals surface area contributed by atoms with Gasteiger partial charge in [-0.1, -0.05) is 32.2 Å². The zero-order chi connectivity index (χ0) is 15.1. The molecule has 0 aromatic rings. The van der Waals surface area contributed by atoms with E-state index < -0.39 is 23.6 Å². The Hall–Kier alpha value is -1.39. The molecule has 5 atom stereocenters. The van der Waals surface area contributed by atoms with Gasteiger partial charge < -0.3 is 14.9 Å². The quantitative estimate of drug-likeness (QED) is 0.595. The molecule has 0 heterocycles. The Labute approximate surface area is 119 Å². The van der Waals surface area contributed by atoms with E-state index in [2.05, 4.69) is 17.9 Å². The maximum Gasteiger partial charge on any atom is 0.333 e. The lowest BCUT2D eigenvalue weighted by Gasteiger charge is -2.51. The fourth-order valence-corrected chi connectivity index (χ4v) is 3.59. The summed E-state index contributed by atoms with van der Waals surface area (Å²) >= 11 is 0. The lowest BCUT2D eigenvalue weighted by Crippen LogP contribution is -2.53. The number of ether oxygens (including phenoxy) is 1. The van der Waals surface area contributed by atoms with Gasteiger partial charge in [-0.15, -0.1) is 0 Å². The topological polar surface area (TPSA) is 66.8 Å². The van der Waals surface area contributed by atoms with E-state index in [1.807, 2.05) is 6.92 Å². The summed E-state index contributed by atoms with van der Waals surface area (Å²) < 4.78 is 4.69. The van der Waals surface area contributed by atoms with Crippen LogP contribution in [0.2, 0.25) is 0 Å². The first-order valence-corrected chi connectivity index (χ1v) is 6.83. The first kappa shape index (κ1) is 15.0. The first-order valence-electron chi connectivity index (χ1n) is 6.83. The number of hydrogen-bond acceptors (Lipinski definition) is 4. The van der Waals surface area contributed by atoms with Gasteiger partial charge in [-0.25, -0.2) is 4.79 Å². The molecule has 2 aliphatic rings. The number of rotatable bonds is 2. The molecule has 20 heavy (non-hydrogen) atoms. The Kier molecular flexibility index (Phi) is 3.89. The van der Waals surface area contributed by atoms with Gasteiger partial charge in [0.05, 0.1) is 19.3 Å². The van der Waals surface area contributed by atoms with Gasteiger partial charge in [-0.2, -0.15) is 0 Å². The van der Waals surface area contributed by atoms with E-state index >= 15 is 0 Å². The van der Waals surface area contributed by atoms with Crippen molar-refractivity contribution in [2.24, 2.45) is 17.3 Å². The molecule has 0 aliphatic heterocycles. The SMILES string of the molecule is C=C(C(=O)OC)C1CCC2(C)C(O)C=CC(=C)C2C1O. The smallest absolute Gasteiger partial charge is 0.333 e. The van der Waals surface area contributed by atoms with E-state index in [0.29, 0.717) is 18.4 Å². The molecule has 5 unspecified atom stereocenters. The Morgan fingerprint density at radius 1 is 1.50 bits per heavy atom. The van der Waals surface area contributed by atoms with Crippen molar-refractivity contribution in [2.75, 3.05) is 7.11 Å². The second-order valence-corrected chi connectivity index (χ2v) is 6.01. The van der Waals surface area contributed by atoms with Gasteiger partial charge in [0.2, 0.25) is 0 Å². The minimum atomic E-state index is -0.785. The second kappa shape index (κ2) is 5.19. The van der Waals surface area contributed by atoms with Crippen molar-refractivity contribution in [1.82, 2.24) is 0 Å². The van der Waals surface area contributed by atoms with E-state index in [9.17, 15) is 15.0 Å². The maximum atomic E-state index is 11.6. The fraction of sp³-hybridized carbons (Fsp3) is 0.562. The summed E-state index contributed by atoms with van der Waals surface area (Å²) in [4.78, 5) is 11.6. The number of aliphatic hydroxyl groups is 2. The van der Waals surface area contributed by atoms with E-state index in [0.717, 1.165) is 5.57 Å². The van der Waals surface area contributed by atoms with Gasteiger partial charge >= 0.3 is 5.97 Å². The Morgan fingerprint density at radius 3 is 2.75 bits per heavy atom. The van der Waals surface area contributed by atoms with Crippen LogP contribution in [0.3, 0.4) is 0 Å². The molecule has 0 bridgehead atoms. The molecule has 2 rings (SSSR count). The number of hydrogen-bond donors (Lipinski definition) is 2. The van der Waals surface area contributed by atoms with Crippen LogP contribution in [0.1, 0.15) is 19.8 Å². The van der Waals surface area contributed by atoms with Gasteiger partial charge in [0.15, 0.2) is 0 Å². The average Bonchev–Trinajstić information content (AvgIpc) is 2.42. The number of aliphatic hydroxyl groups excluding tert-OH is 2. The molecule has 2 aliphatic carbocycles. The highest BCUT2D eigenvalue weighted by Crippen LogP contribution is 2.52. The van der Waals surface area contributed by atoms with Crippen LogP contribution in [-0.2, 0) is 9.53 Å². The van der Waals surface area contributed by atoms with Crippen LogP contribution in [0, 0.1) is 17.3 Å². The van der Waals surface area contributed by atoms with Crippen molar-refractivity contribution in [3.8, 4) is 0 Å². The normalized spacial score (nSPS) is 40.1. The monoisotopic (exact) mass is 278 g/mol. The molecular weight excluding hydrogens is 256 g/mol. The minimum Gasteiger partial charge on any atom is -0.466 e. The number of fused-ring (bicyclic) bond motifs is 1. The molecule has 0 spiro atoms. The molecule has 4 nitrogen and oxygen atoms in total. The van der Waals surface area contributed by atoms with Crippen LogP contribution in [0.4, 0.5) is 0 Å². The zero-order valence-electron chi connectivity index (χ0n) is 12.0. The van der Waals surface area contributed by atoms with E-state index in [-0.39, 0.29) is 11.8 Å². The van der Waals surface area contributed by atoms with Crippen molar-refractivity contribution in [3.63, 3.8) is 0 Å². The highest BCUT2D eigenvalue weighted by atomic mass is 16.5. The molecule has 0 saturated heterocycles. The second-order valence-electron chi connectivity index (χ2n) is 6.01. The third-order valence-electron chi connectivity index (χ3n) is 4.92. The van der Waals surface area contributed by atoms with Gasteiger partial charge in [0, 0.05) is 22.8 Å². The summed E-state index contributed by atoms with van der Waals surface area (Å²) in [6, 6.07) is 0. The summed E-state index contributed by atoms with van der Waals surface area (Å²) in [6.45, 7) is 9.70. The summed E-state index contributed by atoms with van der Waals surface area (Å²) in [5.41, 5.74) is 0.629. The summed E-state index contributed by atoms with van der Waals surface area (Å²) in [5.74, 6) is -1.12. The number of carbonyl (C=O) groups is 1. The van der Waals surface area contributed by atoms with E-state index in [4.69, 9.17) is 0 Å². The minimum absolute atomic E-state index is 0.275. The van der Waals surface area contributed by atoms with Crippen molar-refractivity contribution in [3.05, 3.63) is 36.5 Å². The van der Waals surface area contributed by atoms with E-state index in [1.54, 1.807) is 12.2 Å². The average molecular weight is 278 g/mol. The highest BCUT2D eigenvalue weighted by Gasteiger charge is 2.52. The predicted molar refractivity (Wildman–Crippen MR) is 75.8 cm³/mol. The van der Waals surface area contributed by atoms with Crippen molar-refractivity contribution in [1.29, 1.82) is 0 Å². The van der Waals surface area contributed by atoms with Crippen LogP contribution in [-0.4, -0.2) is 35.5 Å². The number of carbonyl (C=O) groups excluding carboxylic acids is 1. The van der Waals surface area contributed by atoms with Gasteiger partial charge in [-0.3, -0.25) is 0 Å². The van der Waals surface area contributed by atoms with Gasteiger partial charge in [0.25, 0.3) is 0 Å². The Balaban J connectivity index is 2.31. The maximum absolute atomic E-state index is 11.6. The molecule has 0 amide bonds. The first-order chi connectivity index (χ1) is 9.32. The van der Waals surface area contributed by atoms with E-state index in [1.165, 1.54) is 7.11 Å². The molecule has 2 N–H and O–H groups in total. The lowest BCUT2D eigenvalue weighted by atomic mass is 9.55. The predicted octanol–water partition coefficient (Wildman–Crippen LogP) is 1.60. The fourth-order valence-electron chi connectivity index (χ4n) is 3.59. The lowest BCUT2D eigenvalue weighted by molar-refractivity contribution is -0.139. The third kappa shape index (κ3) is 2.13. The molecule has 1 saturated carbocycles. The number of allylic oxidation sites excluding steroid dienone is 1. The summed E-state index contributed by atoms with van der Waals surface area (Å²) in [6.07, 6.45) is 3.37. The van der Waals surface area contributed by atoms with Gasteiger partial charge in [0.1, 0.15) is 0 Å². The number of methoxy groups -OCH3 is 1. The summed E-state index contributed by atoms with van der Waals surface area (Å²) in [5, 5.41) is 20.9. The van der Waals surface area contributed by atoms with Crippen molar-refractivity contribution >= 4 is 5.97 Å². The molecule has 0 radical (unpaired) electrons. The zero-order valence-corrected chi connectivity index (χ0v) is 12.0. The highest BCUT2D eigenvalue weighted by molar-refractivity contribution is 5.88. The van der Waals surface area contributed by atoms with Crippen LogP contribution in [0.15, 0.2) is 36.5 Å². The molecular formula is C16H22O4. The molecule has 1 fully saturated rings. The number of esters is 1. The molecule has 110 valence electrons. The molecule has 0 aromatic heterocycles. The third-order valence-corrected chi connectivity index (χ3v) is 4.92. The standard InChI is InChI=1S/C16H22O4/c1-9-5-6-12(17)16(3)8-7-11(14(18)13(9)16)10(2)15(19)20-4/h5-6,11-14,17-18H,1-2,7-8H2,3-4H3. The summed E-state index contributed by atoms with van der Waals surface area (Å²) in [7, 11) is 1.30. The van der Waals surface area contributed by atoms with Crippen LogP contribution in [0.25, 0.3) is 0 Å². The largest absolute Gasteiger partial charge is 0.466 e. The van der Waals surface area contributed by atoms with Crippen LogP contribution < -0.4 is 0 Å². The van der Waals surface area contributed by atoms with Gasteiger partial charge in [-0.05, 0) is 18.4 Å². The Bertz CT molecular complexity index is 479.